The van der Waals surface area contributed by atoms with Crippen molar-refractivity contribution in [1.29, 1.82) is 0 Å². The summed E-state index contributed by atoms with van der Waals surface area (Å²) in [6.07, 6.45) is 0. The Labute approximate surface area is 175 Å². The number of aromatic nitrogens is 2. The minimum absolute atomic E-state index is 0.460. The molecule has 0 fully saturated rings. The molecule has 0 spiro atoms. The zero-order valence-corrected chi connectivity index (χ0v) is 17.6. The highest BCUT2D eigenvalue weighted by Crippen LogP contribution is 2.30. The molecule has 0 amide bonds. The van der Waals surface area contributed by atoms with E-state index < -0.39 is 0 Å². The first-order valence-electron chi connectivity index (χ1n) is 10.4. The van der Waals surface area contributed by atoms with Crippen LogP contribution in [0.4, 0.5) is 0 Å². The van der Waals surface area contributed by atoms with Gasteiger partial charge in [-0.2, -0.15) is 0 Å². The number of fused-ring (bicyclic) bond motifs is 2. The van der Waals surface area contributed by atoms with Crippen molar-refractivity contribution in [2.75, 3.05) is 0 Å². The molecule has 0 radical (unpaired) electrons. The third-order valence-electron chi connectivity index (χ3n) is 5.54. The van der Waals surface area contributed by atoms with Gasteiger partial charge in [0.2, 0.25) is 11.8 Å². The largest absolute Gasteiger partial charge is 0.436 e. The van der Waals surface area contributed by atoms with E-state index in [9.17, 15) is 0 Å². The molecule has 0 aliphatic rings. The second-order valence-corrected chi connectivity index (χ2v) is 8.38. The summed E-state index contributed by atoms with van der Waals surface area (Å²) in [5.41, 5.74) is 7.76. The molecule has 5 rings (SSSR count). The summed E-state index contributed by atoms with van der Waals surface area (Å²) < 4.78 is 11.9. The van der Waals surface area contributed by atoms with Crippen molar-refractivity contribution < 1.29 is 8.83 Å². The molecule has 4 nitrogen and oxygen atoms in total. The van der Waals surface area contributed by atoms with Crippen LogP contribution in [0.1, 0.15) is 50.7 Å². The van der Waals surface area contributed by atoms with E-state index in [0.717, 1.165) is 33.3 Å². The molecule has 3 aromatic carbocycles. The standard InChI is InChI=1S/C26H24N2O2/c1-15(2)19-9-11-23-21(13-19)27-25(29-23)17-5-7-18(8-6-17)26-28-22-14-20(16(3)4)10-12-24(22)30-26/h5-16H,1-4H3. The molecule has 4 heteroatoms. The van der Waals surface area contributed by atoms with Crippen LogP contribution in [0.5, 0.6) is 0 Å². The highest BCUT2D eigenvalue weighted by molar-refractivity contribution is 5.79. The second kappa shape index (κ2) is 7.13. The van der Waals surface area contributed by atoms with E-state index in [2.05, 4.69) is 61.9 Å². The summed E-state index contributed by atoms with van der Waals surface area (Å²) in [6.45, 7) is 8.71. The van der Waals surface area contributed by atoms with Crippen LogP contribution in [0.2, 0.25) is 0 Å². The van der Waals surface area contributed by atoms with Crippen LogP contribution in [-0.4, -0.2) is 9.97 Å². The van der Waals surface area contributed by atoms with Gasteiger partial charge >= 0.3 is 0 Å². The molecule has 2 heterocycles. The number of hydrogen-bond acceptors (Lipinski definition) is 4. The van der Waals surface area contributed by atoms with Gasteiger partial charge in [0.25, 0.3) is 0 Å². The van der Waals surface area contributed by atoms with E-state index >= 15 is 0 Å². The normalized spacial score (nSPS) is 11.9. The first-order valence-corrected chi connectivity index (χ1v) is 10.4. The van der Waals surface area contributed by atoms with Crippen LogP contribution in [0.3, 0.4) is 0 Å². The third-order valence-corrected chi connectivity index (χ3v) is 5.54. The molecule has 2 aromatic heterocycles. The number of benzene rings is 3. The zero-order chi connectivity index (χ0) is 20.8. The van der Waals surface area contributed by atoms with Gasteiger partial charge in [-0.1, -0.05) is 39.8 Å². The first-order chi connectivity index (χ1) is 14.5. The van der Waals surface area contributed by atoms with Crippen molar-refractivity contribution in [2.24, 2.45) is 0 Å². The Morgan fingerprint density at radius 2 is 0.967 bits per heavy atom. The van der Waals surface area contributed by atoms with Gasteiger partial charge in [0.1, 0.15) is 11.0 Å². The predicted molar refractivity (Wildman–Crippen MR) is 121 cm³/mol. The van der Waals surface area contributed by atoms with Gasteiger partial charge in [0.15, 0.2) is 11.2 Å². The molecule has 0 aliphatic heterocycles. The minimum atomic E-state index is 0.460. The van der Waals surface area contributed by atoms with Crippen molar-refractivity contribution in [2.45, 2.75) is 39.5 Å². The smallest absolute Gasteiger partial charge is 0.227 e. The molecular weight excluding hydrogens is 372 g/mol. The molecule has 5 aromatic rings. The Bertz CT molecular complexity index is 1240. The molecule has 30 heavy (non-hydrogen) atoms. The van der Waals surface area contributed by atoms with Crippen molar-refractivity contribution in [1.82, 2.24) is 9.97 Å². The monoisotopic (exact) mass is 396 g/mol. The van der Waals surface area contributed by atoms with Gasteiger partial charge in [-0.15, -0.1) is 0 Å². The average Bonchev–Trinajstić information content (AvgIpc) is 3.36. The second-order valence-electron chi connectivity index (χ2n) is 8.38. The van der Waals surface area contributed by atoms with E-state index in [0.29, 0.717) is 23.6 Å². The van der Waals surface area contributed by atoms with Crippen molar-refractivity contribution in [3.63, 3.8) is 0 Å². The maximum absolute atomic E-state index is 5.97. The van der Waals surface area contributed by atoms with Crippen LogP contribution in [-0.2, 0) is 0 Å². The molecule has 0 aliphatic carbocycles. The summed E-state index contributed by atoms with van der Waals surface area (Å²) in [5, 5.41) is 0. The minimum Gasteiger partial charge on any atom is -0.436 e. The fraction of sp³-hybridized carbons (Fsp3) is 0.231. The summed E-state index contributed by atoms with van der Waals surface area (Å²) in [4.78, 5) is 9.37. The highest BCUT2D eigenvalue weighted by atomic mass is 16.4. The molecule has 0 N–H and O–H groups in total. The first kappa shape index (κ1) is 18.6. The fourth-order valence-electron chi connectivity index (χ4n) is 3.61. The van der Waals surface area contributed by atoms with Gasteiger partial charge in [-0.05, 0) is 71.5 Å². The Balaban J connectivity index is 1.47. The van der Waals surface area contributed by atoms with Crippen molar-refractivity contribution in [3.05, 3.63) is 71.8 Å². The van der Waals surface area contributed by atoms with Crippen LogP contribution < -0.4 is 0 Å². The maximum atomic E-state index is 5.97. The van der Waals surface area contributed by atoms with Crippen LogP contribution in [0.15, 0.2) is 69.5 Å². The zero-order valence-electron chi connectivity index (χ0n) is 17.6. The van der Waals surface area contributed by atoms with E-state index in [1.54, 1.807) is 0 Å². The van der Waals surface area contributed by atoms with Crippen LogP contribution >= 0.6 is 0 Å². The lowest BCUT2D eigenvalue weighted by Crippen LogP contribution is -1.85. The van der Waals surface area contributed by atoms with E-state index in [-0.39, 0.29) is 0 Å². The average molecular weight is 396 g/mol. The van der Waals surface area contributed by atoms with E-state index in [1.807, 2.05) is 36.4 Å². The summed E-state index contributed by atoms with van der Waals surface area (Å²) >= 11 is 0. The highest BCUT2D eigenvalue weighted by Gasteiger charge is 2.13. The van der Waals surface area contributed by atoms with Gasteiger partial charge in [0, 0.05) is 11.1 Å². The number of nitrogens with zero attached hydrogens (tertiary/aromatic N) is 2. The van der Waals surface area contributed by atoms with Crippen molar-refractivity contribution in [3.8, 4) is 22.9 Å². The number of hydrogen-bond donors (Lipinski definition) is 0. The SMILES string of the molecule is CC(C)c1ccc2oc(-c3ccc(-c4nc5cc(C(C)C)ccc5o4)cc3)nc2c1. The van der Waals surface area contributed by atoms with Gasteiger partial charge in [0.05, 0.1) is 0 Å². The molecule has 150 valence electrons. The fourth-order valence-corrected chi connectivity index (χ4v) is 3.61. The van der Waals surface area contributed by atoms with Crippen molar-refractivity contribution >= 4 is 22.2 Å². The topological polar surface area (TPSA) is 52.1 Å². The van der Waals surface area contributed by atoms with Gasteiger partial charge < -0.3 is 8.83 Å². The number of rotatable bonds is 4. The summed E-state index contributed by atoms with van der Waals surface area (Å²) in [6, 6.07) is 20.4. The molecule has 0 atom stereocenters. The van der Waals surface area contributed by atoms with E-state index in [4.69, 9.17) is 8.83 Å². The lowest BCUT2D eigenvalue weighted by atomic mass is 10.0. The quantitative estimate of drug-likeness (QED) is 0.315. The summed E-state index contributed by atoms with van der Waals surface area (Å²) in [5.74, 6) is 2.16. The maximum Gasteiger partial charge on any atom is 0.227 e. The Morgan fingerprint density at radius 3 is 1.33 bits per heavy atom. The van der Waals surface area contributed by atoms with Crippen LogP contribution in [0.25, 0.3) is 45.1 Å². The molecule has 0 unspecified atom stereocenters. The third kappa shape index (κ3) is 3.28. The number of oxazole rings is 2. The van der Waals surface area contributed by atoms with E-state index in [1.165, 1.54) is 11.1 Å². The molecule has 0 bridgehead atoms. The lowest BCUT2D eigenvalue weighted by Gasteiger charge is -2.02. The molecule has 0 saturated carbocycles. The van der Waals surface area contributed by atoms with Gasteiger partial charge in [-0.3, -0.25) is 0 Å². The molecule has 0 saturated heterocycles. The Kier molecular flexibility index (Phi) is 4.43. The summed E-state index contributed by atoms with van der Waals surface area (Å²) in [7, 11) is 0. The predicted octanol–water partition coefficient (Wildman–Crippen LogP) is 7.55. The molecular formula is C26H24N2O2. The Hall–Kier alpha value is -3.40. The van der Waals surface area contributed by atoms with Crippen LogP contribution in [0, 0.1) is 0 Å². The Morgan fingerprint density at radius 1 is 0.567 bits per heavy atom. The van der Waals surface area contributed by atoms with Gasteiger partial charge in [-0.25, -0.2) is 9.97 Å². The lowest BCUT2D eigenvalue weighted by molar-refractivity contribution is 0.617.